The number of anilines is 1. The average molecular weight is 378 g/mol. The summed E-state index contributed by atoms with van der Waals surface area (Å²) in [6.45, 7) is 9.78. The highest BCUT2D eigenvalue weighted by Gasteiger charge is 2.20. The molecule has 2 aromatic rings. The van der Waals surface area contributed by atoms with Crippen LogP contribution in [0.4, 0.5) is 5.69 Å². The zero-order chi connectivity index (χ0) is 19.1. The Hall–Kier alpha value is -1.99. The molecule has 0 aliphatic heterocycles. The first kappa shape index (κ1) is 20.3. The number of aryl methyl sites for hydroxylation is 1. The van der Waals surface area contributed by atoms with Crippen molar-refractivity contribution in [3.05, 3.63) is 35.7 Å². The Bertz CT molecular complexity index is 728. The van der Waals surface area contributed by atoms with Crippen molar-refractivity contribution in [2.45, 2.75) is 44.6 Å². The van der Waals surface area contributed by atoms with Crippen molar-refractivity contribution >= 4 is 23.4 Å². The topological polar surface area (TPSA) is 65.4 Å². The highest BCUT2D eigenvalue weighted by Crippen LogP contribution is 2.26. The second-order valence-corrected chi connectivity index (χ2v) is 7.22. The molecule has 7 heteroatoms. The van der Waals surface area contributed by atoms with Crippen molar-refractivity contribution in [1.82, 2.24) is 9.55 Å². The number of imidazole rings is 1. The lowest BCUT2D eigenvalue weighted by molar-refractivity contribution is -0.115. The number of rotatable bonds is 9. The van der Waals surface area contributed by atoms with Crippen molar-refractivity contribution in [3.63, 3.8) is 0 Å². The van der Waals surface area contributed by atoms with Gasteiger partial charge < -0.3 is 19.4 Å². The Labute approximate surface area is 159 Å². The fourth-order valence-electron chi connectivity index (χ4n) is 2.42. The number of carbonyl (C=O) groups excluding carboxylic acids is 1. The lowest BCUT2D eigenvalue weighted by Gasteiger charge is -2.14. The predicted molar refractivity (Wildman–Crippen MR) is 105 cm³/mol. The van der Waals surface area contributed by atoms with Gasteiger partial charge in [0.25, 0.3) is 0 Å². The molecule has 1 N–H and O–H groups in total. The molecular formula is C19H27N3O3S. The van der Waals surface area contributed by atoms with Crippen LogP contribution in [0.2, 0.25) is 0 Å². The van der Waals surface area contributed by atoms with Crippen molar-refractivity contribution in [2.24, 2.45) is 0 Å². The molecule has 2 rings (SSSR count). The quantitative estimate of drug-likeness (QED) is 0.676. The number of methoxy groups -OCH3 is 1. The molecule has 0 saturated heterocycles. The molecular weight excluding hydrogens is 350 g/mol. The van der Waals surface area contributed by atoms with Gasteiger partial charge in [0.05, 0.1) is 24.2 Å². The summed E-state index contributed by atoms with van der Waals surface area (Å²) in [6.07, 6.45) is 0. The monoisotopic (exact) mass is 377 g/mol. The maximum atomic E-state index is 12.5. The molecule has 142 valence electrons. The Balaban J connectivity index is 2.01. The molecule has 1 aromatic heterocycles. The van der Waals surface area contributed by atoms with Crippen LogP contribution in [0.25, 0.3) is 0 Å². The van der Waals surface area contributed by atoms with Gasteiger partial charge in [-0.3, -0.25) is 4.79 Å². The molecule has 1 atom stereocenters. The minimum absolute atomic E-state index is 0.0595. The Kier molecular flexibility index (Phi) is 7.53. The van der Waals surface area contributed by atoms with E-state index in [-0.39, 0.29) is 11.2 Å². The van der Waals surface area contributed by atoms with E-state index < -0.39 is 0 Å². The summed E-state index contributed by atoms with van der Waals surface area (Å²) in [5.74, 6) is 0.731. The van der Waals surface area contributed by atoms with Crippen molar-refractivity contribution in [2.75, 3.05) is 25.6 Å². The molecule has 0 aliphatic rings. The third-order valence-electron chi connectivity index (χ3n) is 4.03. The van der Waals surface area contributed by atoms with E-state index in [4.69, 9.17) is 9.47 Å². The van der Waals surface area contributed by atoms with Crippen molar-refractivity contribution in [1.29, 1.82) is 0 Å². The zero-order valence-corrected chi connectivity index (χ0v) is 16.9. The summed E-state index contributed by atoms with van der Waals surface area (Å²) in [4.78, 5) is 17.1. The van der Waals surface area contributed by atoms with Crippen LogP contribution in [-0.4, -0.2) is 41.0 Å². The summed E-state index contributed by atoms with van der Waals surface area (Å²) >= 11 is 1.45. The van der Waals surface area contributed by atoms with Crippen LogP contribution < -0.4 is 10.1 Å². The molecule has 6 nitrogen and oxygen atoms in total. The number of nitrogens with one attached hydrogen (secondary N) is 1. The van der Waals surface area contributed by atoms with Gasteiger partial charge in [-0.1, -0.05) is 11.8 Å². The average Bonchev–Trinajstić information content (AvgIpc) is 2.88. The number of carbonyl (C=O) groups is 1. The Morgan fingerprint density at radius 2 is 2.00 bits per heavy atom. The van der Waals surface area contributed by atoms with Crippen LogP contribution in [-0.2, 0) is 16.1 Å². The number of hydrogen-bond donors (Lipinski definition) is 1. The predicted octanol–water partition coefficient (Wildman–Crippen LogP) is 3.66. The van der Waals surface area contributed by atoms with Gasteiger partial charge in [0.1, 0.15) is 5.75 Å². The first-order valence-corrected chi connectivity index (χ1v) is 9.57. The van der Waals surface area contributed by atoms with Crippen LogP contribution in [0.5, 0.6) is 5.75 Å². The van der Waals surface area contributed by atoms with E-state index in [2.05, 4.69) is 14.9 Å². The van der Waals surface area contributed by atoms with Crippen LogP contribution in [0.1, 0.15) is 25.2 Å². The number of thioether (sulfide) groups is 1. The van der Waals surface area contributed by atoms with E-state index in [1.165, 1.54) is 11.8 Å². The lowest BCUT2D eigenvalue weighted by Crippen LogP contribution is -2.23. The first-order valence-electron chi connectivity index (χ1n) is 8.69. The molecule has 0 fully saturated rings. The number of nitrogens with zero attached hydrogens (tertiary/aromatic N) is 2. The van der Waals surface area contributed by atoms with Crippen molar-refractivity contribution in [3.8, 4) is 5.75 Å². The second-order valence-electron chi connectivity index (χ2n) is 5.92. The minimum atomic E-state index is -0.274. The van der Waals surface area contributed by atoms with Gasteiger partial charge >= 0.3 is 0 Å². The minimum Gasteiger partial charge on any atom is -0.494 e. The van der Waals surface area contributed by atoms with Crippen LogP contribution in [0.3, 0.4) is 0 Å². The summed E-state index contributed by atoms with van der Waals surface area (Å²) < 4.78 is 12.7. The van der Waals surface area contributed by atoms with Gasteiger partial charge in [-0.2, -0.15) is 0 Å². The summed E-state index contributed by atoms with van der Waals surface area (Å²) in [6, 6.07) is 7.38. The molecule has 0 saturated carbocycles. The van der Waals surface area contributed by atoms with Gasteiger partial charge in [-0.15, -0.1) is 0 Å². The molecule has 0 bridgehead atoms. The molecule has 26 heavy (non-hydrogen) atoms. The van der Waals surface area contributed by atoms with E-state index in [0.717, 1.165) is 34.5 Å². The van der Waals surface area contributed by atoms with Crippen LogP contribution >= 0.6 is 11.8 Å². The van der Waals surface area contributed by atoms with Gasteiger partial charge in [0.2, 0.25) is 5.91 Å². The fraction of sp³-hybridized carbons (Fsp3) is 0.474. The molecule has 0 aliphatic carbocycles. The molecule has 1 aromatic carbocycles. The standard InChI is InChI=1S/C19H27N3O3S/c1-6-25-17-9-7-16(8-10-17)21-18(23)15(4)26-19-20-13(2)14(3)22(19)11-12-24-5/h7-10,15H,6,11-12H2,1-5H3,(H,21,23). The number of aromatic nitrogens is 2. The Morgan fingerprint density at radius 1 is 1.31 bits per heavy atom. The zero-order valence-electron chi connectivity index (χ0n) is 16.0. The number of amides is 1. The number of benzene rings is 1. The number of hydrogen-bond acceptors (Lipinski definition) is 5. The van der Waals surface area contributed by atoms with Gasteiger partial charge in [0, 0.05) is 25.0 Å². The van der Waals surface area contributed by atoms with E-state index in [9.17, 15) is 4.79 Å². The third-order valence-corrected chi connectivity index (χ3v) is 5.12. The largest absolute Gasteiger partial charge is 0.494 e. The smallest absolute Gasteiger partial charge is 0.237 e. The maximum Gasteiger partial charge on any atom is 0.237 e. The third kappa shape index (κ3) is 5.25. The van der Waals surface area contributed by atoms with E-state index >= 15 is 0 Å². The lowest BCUT2D eigenvalue weighted by atomic mass is 10.3. The van der Waals surface area contributed by atoms with Crippen LogP contribution in [0, 0.1) is 13.8 Å². The first-order chi connectivity index (χ1) is 12.5. The summed E-state index contributed by atoms with van der Waals surface area (Å²) in [5, 5.41) is 3.50. The van der Waals surface area contributed by atoms with E-state index in [1.54, 1.807) is 7.11 Å². The number of ether oxygens (including phenoxy) is 2. The summed E-state index contributed by atoms with van der Waals surface area (Å²) in [7, 11) is 1.68. The maximum absolute atomic E-state index is 12.5. The van der Waals surface area contributed by atoms with Gasteiger partial charge in [0.15, 0.2) is 5.16 Å². The van der Waals surface area contributed by atoms with E-state index in [1.807, 2.05) is 52.0 Å². The molecule has 1 amide bonds. The SMILES string of the molecule is CCOc1ccc(NC(=O)C(C)Sc2nc(C)c(C)n2CCOC)cc1. The van der Waals surface area contributed by atoms with E-state index in [0.29, 0.717) is 13.2 Å². The summed E-state index contributed by atoms with van der Waals surface area (Å²) in [5.41, 5.74) is 2.83. The molecule has 0 spiro atoms. The van der Waals surface area contributed by atoms with Gasteiger partial charge in [-0.05, 0) is 52.0 Å². The Morgan fingerprint density at radius 3 is 2.62 bits per heavy atom. The molecule has 0 radical (unpaired) electrons. The highest BCUT2D eigenvalue weighted by atomic mass is 32.2. The normalized spacial score (nSPS) is 12.0. The van der Waals surface area contributed by atoms with Gasteiger partial charge in [-0.25, -0.2) is 4.98 Å². The fourth-order valence-corrected chi connectivity index (χ4v) is 3.44. The van der Waals surface area contributed by atoms with Crippen LogP contribution in [0.15, 0.2) is 29.4 Å². The molecule has 1 unspecified atom stereocenters. The van der Waals surface area contributed by atoms with Crippen molar-refractivity contribution < 1.29 is 14.3 Å². The molecule has 1 heterocycles. The highest BCUT2D eigenvalue weighted by molar-refractivity contribution is 8.00. The second kappa shape index (κ2) is 9.64.